The molecule has 6 nitrogen and oxygen atoms in total. The third-order valence-electron chi connectivity index (χ3n) is 4.01. The van der Waals surface area contributed by atoms with E-state index >= 15 is 0 Å². The third-order valence-corrected chi connectivity index (χ3v) is 4.01. The molecule has 4 N–H and O–H groups in total. The Hall–Kier alpha value is -0.240. The van der Waals surface area contributed by atoms with Crippen LogP contribution in [-0.2, 0) is 0 Å². The maximum atomic E-state index is 3.58. The average molecular weight is 284 g/mol. The smallest absolute Gasteiger partial charge is 0.0256 e. The van der Waals surface area contributed by atoms with Crippen LogP contribution in [0.2, 0.25) is 0 Å². The lowest BCUT2D eigenvalue weighted by Crippen LogP contribution is -2.48. The van der Waals surface area contributed by atoms with Gasteiger partial charge in [-0.15, -0.1) is 0 Å². The van der Waals surface area contributed by atoms with Gasteiger partial charge >= 0.3 is 0 Å². The van der Waals surface area contributed by atoms with Gasteiger partial charge in [-0.05, 0) is 32.5 Å². The molecule has 0 aromatic rings. The molecule has 2 unspecified atom stereocenters. The van der Waals surface area contributed by atoms with Gasteiger partial charge < -0.3 is 20.9 Å². The Balaban J connectivity index is 1.89. The van der Waals surface area contributed by atoms with Gasteiger partial charge in [-0.1, -0.05) is 0 Å². The topological polar surface area (TPSA) is 54.6 Å². The quantitative estimate of drug-likeness (QED) is 0.442. The molecule has 0 aromatic carbocycles. The predicted molar refractivity (Wildman–Crippen MR) is 83.9 cm³/mol. The maximum Gasteiger partial charge on any atom is 0.0256 e. The number of rotatable bonds is 0. The van der Waals surface area contributed by atoms with Gasteiger partial charge in [0, 0.05) is 58.9 Å². The third kappa shape index (κ3) is 6.97. The molecule has 6 heteroatoms. The van der Waals surface area contributed by atoms with Crippen LogP contribution >= 0.6 is 0 Å². The van der Waals surface area contributed by atoms with Crippen LogP contribution in [0.15, 0.2) is 0 Å². The van der Waals surface area contributed by atoms with E-state index in [9.17, 15) is 0 Å². The molecule has 0 saturated carbocycles. The van der Waals surface area contributed by atoms with Crippen LogP contribution in [0.4, 0.5) is 0 Å². The van der Waals surface area contributed by atoms with Crippen molar-refractivity contribution in [3.8, 4) is 0 Å². The van der Waals surface area contributed by atoms with Gasteiger partial charge in [0.15, 0.2) is 0 Å². The van der Waals surface area contributed by atoms with Crippen molar-refractivity contribution < 1.29 is 0 Å². The monoisotopic (exact) mass is 284 g/mol. The molecule has 2 bridgehead atoms. The van der Waals surface area contributed by atoms with E-state index in [1.54, 1.807) is 0 Å². The number of hydrazine groups is 1. The summed E-state index contributed by atoms with van der Waals surface area (Å²) in [5.41, 5.74) is 3.55. The summed E-state index contributed by atoms with van der Waals surface area (Å²) in [6.45, 7) is 13.4. The largest absolute Gasteiger partial charge is 0.315 e. The lowest BCUT2D eigenvalue weighted by molar-refractivity contribution is 0.180. The molecule has 0 radical (unpaired) electrons. The number of hydrogen-bond acceptors (Lipinski definition) is 6. The minimum absolute atomic E-state index is 1.02. The van der Waals surface area contributed by atoms with Gasteiger partial charge in [0.05, 0.1) is 0 Å². The van der Waals surface area contributed by atoms with Crippen molar-refractivity contribution in [3.63, 3.8) is 0 Å². The summed E-state index contributed by atoms with van der Waals surface area (Å²) >= 11 is 0. The zero-order valence-corrected chi connectivity index (χ0v) is 12.8. The summed E-state index contributed by atoms with van der Waals surface area (Å²) in [4.78, 5) is 2.58. The molecule has 3 aliphatic rings. The van der Waals surface area contributed by atoms with Gasteiger partial charge in [0.1, 0.15) is 0 Å². The predicted octanol–water partition coefficient (Wildman–Crippen LogP) is -1.33. The molecule has 20 heavy (non-hydrogen) atoms. The Morgan fingerprint density at radius 3 is 1.95 bits per heavy atom. The van der Waals surface area contributed by atoms with Gasteiger partial charge in [0.25, 0.3) is 0 Å². The highest BCUT2D eigenvalue weighted by molar-refractivity contribution is 4.67. The summed E-state index contributed by atoms with van der Waals surface area (Å²) in [5.74, 6) is 0. The normalized spacial score (nSPS) is 32.4. The molecule has 2 atom stereocenters. The van der Waals surface area contributed by atoms with E-state index in [4.69, 9.17) is 0 Å². The van der Waals surface area contributed by atoms with E-state index < -0.39 is 0 Å². The SMILES string of the molecule is C1CNCCN2CCCNCCN(C1)CCNCCN2. The first-order chi connectivity index (χ1) is 9.95. The Kier molecular flexibility index (Phi) is 8.46. The Morgan fingerprint density at radius 2 is 1.15 bits per heavy atom. The maximum absolute atomic E-state index is 3.58. The molecule has 0 amide bonds. The Bertz CT molecular complexity index is 176. The average Bonchev–Trinajstić information content (AvgIpc) is 2.47. The number of fused-ring (bicyclic) bond motifs is 15. The summed E-state index contributed by atoms with van der Waals surface area (Å²) in [6.07, 6.45) is 2.45. The molecule has 3 saturated heterocycles. The zero-order chi connectivity index (χ0) is 13.9. The van der Waals surface area contributed by atoms with E-state index in [0.29, 0.717) is 0 Å². The molecule has 0 aliphatic carbocycles. The summed E-state index contributed by atoms with van der Waals surface area (Å²) in [5, 5.41) is 13.1. The molecule has 3 rings (SSSR count). The molecular weight excluding hydrogens is 252 g/mol. The standard InChI is InChI=1S/C14H32N6/c1-3-16-9-14-20-11-2-4-15-7-12-19(10-1)13-8-17-5-6-18-20/h15-18H,1-14H2. The van der Waals surface area contributed by atoms with E-state index in [1.807, 2.05) is 0 Å². The highest BCUT2D eigenvalue weighted by Crippen LogP contribution is 1.93. The Morgan fingerprint density at radius 1 is 0.500 bits per heavy atom. The number of nitrogens with one attached hydrogen (secondary N) is 4. The van der Waals surface area contributed by atoms with Crippen molar-refractivity contribution in [2.75, 3.05) is 78.5 Å². The van der Waals surface area contributed by atoms with E-state index in [0.717, 1.165) is 65.4 Å². The summed E-state index contributed by atoms with van der Waals surface area (Å²) in [7, 11) is 0. The van der Waals surface area contributed by atoms with E-state index in [1.165, 1.54) is 25.9 Å². The van der Waals surface area contributed by atoms with Gasteiger partial charge in [-0.3, -0.25) is 5.43 Å². The first-order valence-corrected chi connectivity index (χ1v) is 8.28. The van der Waals surface area contributed by atoms with Crippen molar-refractivity contribution in [1.82, 2.24) is 31.3 Å². The molecule has 118 valence electrons. The number of nitrogens with zero attached hydrogens (tertiary/aromatic N) is 2. The fourth-order valence-corrected chi connectivity index (χ4v) is 2.79. The van der Waals surface area contributed by atoms with Crippen LogP contribution in [0, 0.1) is 0 Å². The fourth-order valence-electron chi connectivity index (χ4n) is 2.79. The van der Waals surface area contributed by atoms with Crippen molar-refractivity contribution in [1.29, 1.82) is 0 Å². The summed E-state index contributed by atoms with van der Waals surface area (Å²) in [6, 6.07) is 0. The van der Waals surface area contributed by atoms with Crippen LogP contribution in [0.3, 0.4) is 0 Å². The zero-order valence-electron chi connectivity index (χ0n) is 12.8. The van der Waals surface area contributed by atoms with E-state index in [2.05, 4.69) is 31.3 Å². The minimum Gasteiger partial charge on any atom is -0.315 e. The van der Waals surface area contributed by atoms with Crippen LogP contribution < -0.4 is 21.4 Å². The second-order valence-electron chi connectivity index (χ2n) is 5.69. The molecular formula is C14H32N6. The second kappa shape index (κ2) is 10.5. The van der Waals surface area contributed by atoms with Crippen molar-refractivity contribution >= 4 is 0 Å². The minimum atomic E-state index is 1.02. The summed E-state index contributed by atoms with van der Waals surface area (Å²) < 4.78 is 0. The Labute approximate surface area is 123 Å². The van der Waals surface area contributed by atoms with Crippen LogP contribution in [0.5, 0.6) is 0 Å². The molecule has 3 fully saturated rings. The molecule has 3 heterocycles. The van der Waals surface area contributed by atoms with Crippen molar-refractivity contribution in [2.24, 2.45) is 0 Å². The highest BCUT2D eigenvalue weighted by atomic mass is 15.5. The first kappa shape index (κ1) is 16.1. The van der Waals surface area contributed by atoms with Crippen LogP contribution in [0.25, 0.3) is 0 Å². The highest BCUT2D eigenvalue weighted by Gasteiger charge is 2.08. The van der Waals surface area contributed by atoms with Crippen LogP contribution in [0.1, 0.15) is 12.8 Å². The lowest BCUT2D eigenvalue weighted by atomic mass is 10.3. The van der Waals surface area contributed by atoms with Crippen LogP contribution in [-0.4, -0.2) is 88.4 Å². The second-order valence-corrected chi connectivity index (χ2v) is 5.69. The molecule has 3 aliphatic heterocycles. The van der Waals surface area contributed by atoms with Crippen molar-refractivity contribution in [2.45, 2.75) is 12.8 Å². The molecule has 0 aromatic heterocycles. The van der Waals surface area contributed by atoms with Crippen molar-refractivity contribution in [3.05, 3.63) is 0 Å². The van der Waals surface area contributed by atoms with E-state index in [-0.39, 0.29) is 0 Å². The van der Waals surface area contributed by atoms with Gasteiger partial charge in [-0.25, -0.2) is 5.01 Å². The lowest BCUT2D eigenvalue weighted by Gasteiger charge is -2.27. The first-order valence-electron chi connectivity index (χ1n) is 8.28. The van der Waals surface area contributed by atoms with Gasteiger partial charge in [0.2, 0.25) is 0 Å². The van der Waals surface area contributed by atoms with Gasteiger partial charge in [-0.2, -0.15) is 0 Å². The molecule has 0 spiro atoms. The fraction of sp³-hybridized carbons (Fsp3) is 1.00. The number of hydrogen-bond donors (Lipinski definition) is 4.